The molecule has 1 heterocycles. The topological polar surface area (TPSA) is 61.9 Å². The highest BCUT2D eigenvalue weighted by molar-refractivity contribution is 6.06. The SMILES string of the molecule is C=C/C=C\C=C(/C)CN(C(=O)C1O[C@@H]1C(=O)Nc1ccc(F)cc1)c1ccccc1. The summed E-state index contributed by atoms with van der Waals surface area (Å²) in [7, 11) is 0. The van der Waals surface area contributed by atoms with E-state index in [4.69, 9.17) is 4.74 Å². The predicted octanol–water partition coefficient (Wildman–Crippen LogP) is 4.25. The molecule has 1 saturated heterocycles. The quantitative estimate of drug-likeness (QED) is 0.527. The Morgan fingerprint density at radius 2 is 1.80 bits per heavy atom. The van der Waals surface area contributed by atoms with Crippen molar-refractivity contribution < 1.29 is 18.7 Å². The van der Waals surface area contributed by atoms with Crippen molar-refractivity contribution in [3.63, 3.8) is 0 Å². The Bertz CT molecular complexity index is 968. The fourth-order valence-electron chi connectivity index (χ4n) is 2.90. The minimum absolute atomic E-state index is 0.291. The van der Waals surface area contributed by atoms with E-state index < -0.39 is 23.9 Å². The molecule has 3 rings (SSSR count). The van der Waals surface area contributed by atoms with Gasteiger partial charge in [0.1, 0.15) is 5.82 Å². The van der Waals surface area contributed by atoms with Gasteiger partial charge < -0.3 is 15.0 Å². The summed E-state index contributed by atoms with van der Waals surface area (Å²) in [6.07, 6.45) is 5.49. The number of allylic oxidation sites excluding steroid dienone is 4. The van der Waals surface area contributed by atoms with E-state index in [1.165, 1.54) is 24.3 Å². The number of carbonyl (C=O) groups is 2. The fraction of sp³-hybridized carbons (Fsp3) is 0.167. The van der Waals surface area contributed by atoms with Crippen LogP contribution < -0.4 is 10.2 Å². The van der Waals surface area contributed by atoms with Gasteiger partial charge in [-0.25, -0.2) is 4.39 Å². The number of hydrogen-bond acceptors (Lipinski definition) is 3. The van der Waals surface area contributed by atoms with Gasteiger partial charge in [0.05, 0.1) is 0 Å². The molecule has 0 aromatic heterocycles. The molecule has 0 aliphatic carbocycles. The van der Waals surface area contributed by atoms with Crippen molar-refractivity contribution in [2.45, 2.75) is 19.1 Å². The third kappa shape index (κ3) is 5.52. The number of anilines is 2. The number of carbonyl (C=O) groups excluding carboxylic acids is 2. The Labute approximate surface area is 175 Å². The zero-order valence-corrected chi connectivity index (χ0v) is 16.6. The lowest BCUT2D eigenvalue weighted by atomic mass is 10.1. The number of hydrogen-bond donors (Lipinski definition) is 1. The molecule has 6 heteroatoms. The zero-order chi connectivity index (χ0) is 21.5. The molecule has 1 aliphatic heterocycles. The highest BCUT2D eigenvalue weighted by Gasteiger charge is 2.52. The van der Waals surface area contributed by atoms with E-state index >= 15 is 0 Å². The van der Waals surface area contributed by atoms with E-state index in [-0.39, 0.29) is 5.91 Å². The first kappa shape index (κ1) is 21.2. The van der Waals surface area contributed by atoms with Crippen molar-refractivity contribution in [3.8, 4) is 0 Å². The third-order valence-electron chi connectivity index (χ3n) is 4.47. The molecule has 0 saturated carbocycles. The zero-order valence-electron chi connectivity index (χ0n) is 16.6. The van der Waals surface area contributed by atoms with E-state index in [2.05, 4.69) is 11.9 Å². The Kier molecular flexibility index (Phi) is 6.93. The van der Waals surface area contributed by atoms with Crippen LogP contribution in [0.2, 0.25) is 0 Å². The van der Waals surface area contributed by atoms with Gasteiger partial charge in [0, 0.05) is 17.9 Å². The maximum atomic E-state index is 13.1. The van der Waals surface area contributed by atoms with E-state index in [1.54, 1.807) is 17.1 Å². The summed E-state index contributed by atoms with van der Waals surface area (Å²) in [5.74, 6) is -1.12. The van der Waals surface area contributed by atoms with Gasteiger partial charge in [-0.15, -0.1) is 0 Å². The minimum atomic E-state index is -0.876. The number of para-hydroxylation sites is 1. The summed E-state index contributed by atoms with van der Waals surface area (Å²) >= 11 is 0. The third-order valence-corrected chi connectivity index (χ3v) is 4.47. The molecule has 2 atom stereocenters. The van der Waals surface area contributed by atoms with Crippen LogP contribution in [-0.2, 0) is 14.3 Å². The molecule has 154 valence electrons. The Morgan fingerprint density at radius 1 is 1.10 bits per heavy atom. The highest BCUT2D eigenvalue weighted by atomic mass is 19.1. The van der Waals surface area contributed by atoms with Gasteiger partial charge in [0.2, 0.25) is 0 Å². The Morgan fingerprint density at radius 3 is 2.47 bits per heavy atom. The molecular formula is C24H23FN2O3. The number of rotatable bonds is 8. The van der Waals surface area contributed by atoms with Crippen LogP contribution >= 0.6 is 0 Å². The second kappa shape index (κ2) is 9.80. The maximum absolute atomic E-state index is 13.1. The van der Waals surface area contributed by atoms with Crippen LogP contribution in [0.1, 0.15) is 6.92 Å². The van der Waals surface area contributed by atoms with Gasteiger partial charge in [-0.1, -0.05) is 54.7 Å². The van der Waals surface area contributed by atoms with E-state index in [1.807, 2.05) is 49.4 Å². The Balaban J connectivity index is 1.70. The van der Waals surface area contributed by atoms with E-state index in [0.29, 0.717) is 12.2 Å². The minimum Gasteiger partial charge on any atom is -0.349 e. The van der Waals surface area contributed by atoms with Gasteiger partial charge in [-0.05, 0) is 43.3 Å². The second-order valence-electron chi connectivity index (χ2n) is 6.87. The molecular weight excluding hydrogens is 383 g/mol. The largest absolute Gasteiger partial charge is 0.349 e. The van der Waals surface area contributed by atoms with Crippen molar-refractivity contribution in [2.75, 3.05) is 16.8 Å². The van der Waals surface area contributed by atoms with Crippen molar-refractivity contribution in [2.24, 2.45) is 0 Å². The smallest absolute Gasteiger partial charge is 0.259 e. The van der Waals surface area contributed by atoms with Gasteiger partial charge >= 0.3 is 0 Å². The van der Waals surface area contributed by atoms with Crippen molar-refractivity contribution in [1.29, 1.82) is 0 Å². The van der Waals surface area contributed by atoms with Crippen molar-refractivity contribution in [1.82, 2.24) is 0 Å². The molecule has 30 heavy (non-hydrogen) atoms. The van der Waals surface area contributed by atoms with Crippen LogP contribution in [0.4, 0.5) is 15.8 Å². The fourth-order valence-corrected chi connectivity index (χ4v) is 2.90. The second-order valence-corrected chi connectivity index (χ2v) is 6.87. The Hall–Kier alpha value is -3.51. The molecule has 5 nitrogen and oxygen atoms in total. The molecule has 0 spiro atoms. The molecule has 0 radical (unpaired) electrons. The van der Waals surface area contributed by atoms with Crippen LogP contribution in [0, 0.1) is 5.82 Å². The first-order chi connectivity index (χ1) is 14.5. The van der Waals surface area contributed by atoms with Gasteiger partial charge in [0.25, 0.3) is 11.8 Å². The lowest BCUT2D eigenvalue weighted by Gasteiger charge is -2.22. The standard InChI is InChI=1S/C24H23FN2O3/c1-3-4-6-9-17(2)16-27(20-10-7-5-8-11-20)24(29)22-21(30-22)23(28)26-19-14-12-18(25)13-15-19/h3-15,21-22H,1,16H2,2H3,(H,26,28)/b6-4-,17-9+/t21-,22?/m0/s1. The van der Waals surface area contributed by atoms with Gasteiger partial charge in [0.15, 0.2) is 12.2 Å². The molecule has 1 N–H and O–H groups in total. The average molecular weight is 406 g/mol. The van der Waals surface area contributed by atoms with Gasteiger partial charge in [-0.3, -0.25) is 9.59 Å². The molecule has 1 fully saturated rings. The van der Waals surface area contributed by atoms with Crippen LogP contribution in [0.5, 0.6) is 0 Å². The maximum Gasteiger partial charge on any atom is 0.259 e. The molecule has 2 aromatic carbocycles. The van der Waals surface area contributed by atoms with Crippen LogP contribution in [0.3, 0.4) is 0 Å². The highest BCUT2D eigenvalue weighted by Crippen LogP contribution is 2.28. The number of ether oxygens (including phenoxy) is 1. The summed E-state index contributed by atoms with van der Waals surface area (Å²) in [5, 5.41) is 2.64. The van der Waals surface area contributed by atoms with Crippen molar-refractivity contribution in [3.05, 3.63) is 96.9 Å². The molecule has 2 aromatic rings. The molecule has 0 bridgehead atoms. The number of epoxide rings is 1. The molecule has 2 amide bonds. The normalized spacial score (nSPS) is 18.1. The molecule has 1 unspecified atom stereocenters. The number of halogens is 1. The lowest BCUT2D eigenvalue weighted by Crippen LogP contribution is -2.37. The average Bonchev–Trinajstić information content (AvgIpc) is 3.55. The van der Waals surface area contributed by atoms with Crippen LogP contribution in [0.15, 0.2) is 91.1 Å². The number of nitrogens with zero attached hydrogens (tertiary/aromatic N) is 1. The first-order valence-electron chi connectivity index (χ1n) is 9.53. The van der Waals surface area contributed by atoms with Crippen molar-refractivity contribution >= 4 is 23.2 Å². The number of benzene rings is 2. The number of amides is 2. The lowest BCUT2D eigenvalue weighted by molar-refractivity contribution is -0.120. The monoisotopic (exact) mass is 406 g/mol. The summed E-state index contributed by atoms with van der Waals surface area (Å²) in [6, 6.07) is 14.6. The predicted molar refractivity (Wildman–Crippen MR) is 116 cm³/mol. The summed E-state index contributed by atoms with van der Waals surface area (Å²) in [4.78, 5) is 27.1. The van der Waals surface area contributed by atoms with Crippen LogP contribution in [-0.4, -0.2) is 30.6 Å². The molecule has 1 aliphatic rings. The summed E-state index contributed by atoms with van der Waals surface area (Å²) < 4.78 is 18.4. The van der Waals surface area contributed by atoms with E-state index in [9.17, 15) is 14.0 Å². The summed E-state index contributed by atoms with van der Waals surface area (Å²) in [5.41, 5.74) is 2.12. The summed E-state index contributed by atoms with van der Waals surface area (Å²) in [6.45, 7) is 5.91. The van der Waals surface area contributed by atoms with Crippen LogP contribution in [0.25, 0.3) is 0 Å². The first-order valence-corrected chi connectivity index (χ1v) is 9.53. The number of nitrogens with one attached hydrogen (secondary N) is 1. The van der Waals surface area contributed by atoms with E-state index in [0.717, 1.165) is 11.3 Å². The van der Waals surface area contributed by atoms with Gasteiger partial charge in [-0.2, -0.15) is 0 Å².